The largest absolute Gasteiger partial charge is 0.394 e. The van der Waals surface area contributed by atoms with E-state index < -0.39 is 36.5 Å². The minimum absolute atomic E-state index is 0.415. The predicted molar refractivity (Wildman–Crippen MR) is 42.8 cm³/mol. The van der Waals surface area contributed by atoms with E-state index in [1.165, 1.54) is 0 Å². The van der Waals surface area contributed by atoms with Gasteiger partial charge in [0.2, 0.25) is 0 Å². The molecule has 72 valence electrons. The molecule has 1 saturated heterocycles. The van der Waals surface area contributed by atoms with Crippen molar-refractivity contribution in [1.82, 2.24) is 0 Å². The Bertz CT molecular complexity index is 150. The van der Waals surface area contributed by atoms with Crippen LogP contribution in [0.25, 0.3) is 0 Å². The fourth-order valence-electron chi connectivity index (χ4n) is 1.08. The van der Waals surface area contributed by atoms with Crippen LogP contribution in [0, 0.1) is 0 Å². The minimum atomic E-state index is -1.32. The molecular weight excluding hydrogens is 184 g/mol. The van der Waals surface area contributed by atoms with Crippen molar-refractivity contribution in [3.8, 4) is 0 Å². The molecule has 1 aliphatic rings. The monoisotopic (exact) mass is 196 g/mol. The normalized spacial score (nSPS) is 49.2. The molecule has 0 bridgehead atoms. The standard InChI is InChI=1S/C6H12O5S/c7-1-2-3(8)4(9)5(10)6(12)11-2/h2-10,12H,1H2/t2-,3-,4+,5+,6-/m1/s1. The average molecular weight is 196 g/mol. The van der Waals surface area contributed by atoms with Gasteiger partial charge in [-0.15, -0.1) is 12.6 Å². The Morgan fingerprint density at radius 1 is 1.08 bits per heavy atom. The van der Waals surface area contributed by atoms with Crippen molar-refractivity contribution < 1.29 is 25.2 Å². The second-order valence-electron chi connectivity index (χ2n) is 2.72. The van der Waals surface area contributed by atoms with E-state index in [4.69, 9.17) is 14.9 Å². The Kier molecular flexibility index (Phi) is 3.33. The summed E-state index contributed by atoms with van der Waals surface area (Å²) in [7, 11) is 0. The Hall–Kier alpha value is 0.150. The molecule has 0 aromatic heterocycles. The van der Waals surface area contributed by atoms with Gasteiger partial charge in [-0.1, -0.05) is 0 Å². The predicted octanol–water partition coefficient (Wildman–Crippen LogP) is -2.28. The summed E-state index contributed by atoms with van der Waals surface area (Å²) >= 11 is 3.81. The lowest BCUT2D eigenvalue weighted by molar-refractivity contribution is -0.205. The number of hydrogen-bond acceptors (Lipinski definition) is 6. The van der Waals surface area contributed by atoms with Gasteiger partial charge in [-0.25, -0.2) is 0 Å². The molecule has 0 aromatic carbocycles. The van der Waals surface area contributed by atoms with E-state index in [9.17, 15) is 10.2 Å². The highest BCUT2D eigenvalue weighted by Gasteiger charge is 2.41. The third kappa shape index (κ3) is 1.73. The van der Waals surface area contributed by atoms with E-state index in [-0.39, 0.29) is 0 Å². The Morgan fingerprint density at radius 3 is 2.17 bits per heavy atom. The molecule has 5 nitrogen and oxygen atoms in total. The maximum absolute atomic E-state index is 9.20. The molecule has 0 aromatic rings. The van der Waals surface area contributed by atoms with Crippen molar-refractivity contribution >= 4 is 12.6 Å². The van der Waals surface area contributed by atoms with Gasteiger partial charge >= 0.3 is 0 Å². The Morgan fingerprint density at radius 2 is 1.67 bits per heavy atom. The highest BCUT2D eigenvalue weighted by molar-refractivity contribution is 7.80. The lowest BCUT2D eigenvalue weighted by Gasteiger charge is -2.37. The number of thiol groups is 1. The first-order valence-electron chi connectivity index (χ1n) is 3.56. The summed E-state index contributed by atoms with van der Waals surface area (Å²) < 4.78 is 4.88. The molecule has 1 heterocycles. The summed E-state index contributed by atoms with van der Waals surface area (Å²) in [6.07, 6.45) is -4.70. The lowest BCUT2D eigenvalue weighted by Crippen LogP contribution is -2.56. The van der Waals surface area contributed by atoms with Crippen LogP contribution in [-0.2, 0) is 4.74 Å². The molecule has 4 N–H and O–H groups in total. The molecular formula is C6H12O5S. The Labute approximate surface area is 75.0 Å². The molecule has 12 heavy (non-hydrogen) atoms. The van der Waals surface area contributed by atoms with E-state index in [0.29, 0.717) is 0 Å². The minimum Gasteiger partial charge on any atom is -0.394 e. The van der Waals surface area contributed by atoms with Crippen molar-refractivity contribution in [3.05, 3.63) is 0 Å². The van der Waals surface area contributed by atoms with Crippen molar-refractivity contribution in [2.24, 2.45) is 0 Å². The third-order valence-electron chi connectivity index (χ3n) is 1.87. The summed E-state index contributed by atoms with van der Waals surface area (Å²) in [5.74, 6) is 0. The molecule has 0 radical (unpaired) electrons. The van der Waals surface area contributed by atoms with Gasteiger partial charge in [0.05, 0.1) is 6.61 Å². The molecule has 0 aliphatic carbocycles. The van der Waals surface area contributed by atoms with Gasteiger partial charge in [0.15, 0.2) is 0 Å². The van der Waals surface area contributed by atoms with Gasteiger partial charge in [0.1, 0.15) is 29.9 Å². The molecule has 0 unspecified atom stereocenters. The molecule has 1 fully saturated rings. The first-order valence-corrected chi connectivity index (χ1v) is 4.08. The van der Waals surface area contributed by atoms with Crippen LogP contribution in [0.5, 0.6) is 0 Å². The first kappa shape index (κ1) is 10.2. The van der Waals surface area contributed by atoms with Crippen LogP contribution in [0.3, 0.4) is 0 Å². The second-order valence-corrected chi connectivity index (χ2v) is 3.23. The maximum atomic E-state index is 9.20. The molecule has 0 spiro atoms. The highest BCUT2D eigenvalue weighted by atomic mass is 32.1. The zero-order valence-electron chi connectivity index (χ0n) is 6.24. The van der Waals surface area contributed by atoms with E-state index >= 15 is 0 Å². The fraction of sp³-hybridized carbons (Fsp3) is 1.00. The molecule has 1 aliphatic heterocycles. The van der Waals surface area contributed by atoms with E-state index in [1.54, 1.807) is 0 Å². The quantitative estimate of drug-likeness (QED) is 0.305. The number of aliphatic hydroxyl groups is 4. The van der Waals surface area contributed by atoms with Gasteiger partial charge in [0, 0.05) is 0 Å². The number of rotatable bonds is 1. The number of aliphatic hydroxyl groups excluding tert-OH is 4. The van der Waals surface area contributed by atoms with Crippen LogP contribution in [0.2, 0.25) is 0 Å². The van der Waals surface area contributed by atoms with Crippen molar-refractivity contribution in [1.29, 1.82) is 0 Å². The second kappa shape index (κ2) is 3.91. The van der Waals surface area contributed by atoms with Crippen LogP contribution < -0.4 is 0 Å². The summed E-state index contributed by atoms with van der Waals surface area (Å²) in [5.41, 5.74) is -0.874. The van der Waals surface area contributed by atoms with E-state index in [1.807, 2.05) is 0 Å². The van der Waals surface area contributed by atoms with Crippen molar-refractivity contribution in [3.63, 3.8) is 0 Å². The maximum Gasteiger partial charge on any atom is 0.129 e. The number of hydrogen-bond donors (Lipinski definition) is 5. The number of ether oxygens (including phenoxy) is 1. The summed E-state index contributed by atoms with van der Waals surface area (Å²) in [4.78, 5) is 0. The SMILES string of the molecule is OC[C@H]1O[C@H](S)[C@@H](O)[C@@H](O)[C@@H]1O. The lowest BCUT2D eigenvalue weighted by atomic mass is 10.0. The fourth-order valence-corrected chi connectivity index (χ4v) is 1.41. The van der Waals surface area contributed by atoms with Gasteiger partial charge in [-0.3, -0.25) is 0 Å². The van der Waals surface area contributed by atoms with Crippen LogP contribution in [-0.4, -0.2) is 56.9 Å². The molecule has 0 saturated carbocycles. The summed E-state index contributed by atoms with van der Waals surface area (Å²) in [6, 6.07) is 0. The molecule has 5 atom stereocenters. The first-order chi connectivity index (χ1) is 5.57. The zero-order valence-corrected chi connectivity index (χ0v) is 7.13. The summed E-state index contributed by atoms with van der Waals surface area (Å²) in [6.45, 7) is -0.415. The average Bonchev–Trinajstić information content (AvgIpc) is 2.08. The molecule has 1 rings (SSSR count). The third-order valence-corrected chi connectivity index (χ3v) is 2.29. The van der Waals surface area contributed by atoms with E-state index in [0.717, 1.165) is 0 Å². The van der Waals surface area contributed by atoms with Crippen molar-refractivity contribution in [2.45, 2.75) is 29.9 Å². The van der Waals surface area contributed by atoms with Gasteiger partial charge in [-0.05, 0) is 0 Å². The van der Waals surface area contributed by atoms with Crippen LogP contribution in [0.1, 0.15) is 0 Å². The van der Waals surface area contributed by atoms with E-state index in [2.05, 4.69) is 12.6 Å². The summed E-state index contributed by atoms with van der Waals surface area (Å²) in [5, 5.41) is 36.2. The van der Waals surface area contributed by atoms with Gasteiger partial charge in [0.25, 0.3) is 0 Å². The van der Waals surface area contributed by atoms with Crippen LogP contribution in [0.4, 0.5) is 0 Å². The van der Waals surface area contributed by atoms with Gasteiger partial charge in [-0.2, -0.15) is 0 Å². The topological polar surface area (TPSA) is 90.2 Å². The molecule has 0 amide bonds. The highest BCUT2D eigenvalue weighted by Crippen LogP contribution is 2.22. The van der Waals surface area contributed by atoms with Crippen LogP contribution in [0.15, 0.2) is 0 Å². The molecule has 6 heteroatoms. The van der Waals surface area contributed by atoms with Crippen LogP contribution >= 0.6 is 12.6 Å². The zero-order chi connectivity index (χ0) is 9.30. The van der Waals surface area contributed by atoms with Gasteiger partial charge < -0.3 is 25.2 Å². The smallest absolute Gasteiger partial charge is 0.129 e. The van der Waals surface area contributed by atoms with Crippen molar-refractivity contribution in [2.75, 3.05) is 6.61 Å². The Balaban J connectivity index is 2.63.